The fourth-order valence-electron chi connectivity index (χ4n) is 1.64. The molecule has 0 fully saturated rings. The van der Waals surface area contributed by atoms with E-state index in [1.807, 2.05) is 0 Å². The van der Waals surface area contributed by atoms with Gasteiger partial charge in [0.05, 0.1) is 18.5 Å². The van der Waals surface area contributed by atoms with Gasteiger partial charge in [-0.3, -0.25) is 0 Å². The monoisotopic (exact) mass is 346 g/mol. The van der Waals surface area contributed by atoms with Crippen molar-refractivity contribution in [2.45, 2.75) is 0 Å². The molecule has 0 saturated heterocycles. The smallest absolute Gasteiger partial charge is 0.150 e. The van der Waals surface area contributed by atoms with Crippen LogP contribution in [-0.2, 0) is 0 Å². The summed E-state index contributed by atoms with van der Waals surface area (Å²) in [5, 5.41) is 2.36. The fraction of sp³-hybridized carbons (Fsp3) is 0.0769. The normalized spacial score (nSPS) is 10.4. The molecule has 0 heterocycles. The average molecular weight is 347 g/mol. The predicted octanol–water partition coefficient (Wildman–Crippen LogP) is 4.20. The van der Waals surface area contributed by atoms with E-state index in [4.69, 9.17) is 10.5 Å². The number of hydrogen-bond donors (Lipinski definition) is 2. The summed E-state index contributed by atoms with van der Waals surface area (Å²) in [7, 11) is 1.36. The lowest BCUT2D eigenvalue weighted by molar-refractivity contribution is 0.416. The molecular weight excluding hydrogens is 337 g/mol. The van der Waals surface area contributed by atoms with E-state index in [9.17, 15) is 13.2 Å². The molecule has 0 aliphatic rings. The van der Waals surface area contributed by atoms with Crippen LogP contribution in [0.4, 0.5) is 30.2 Å². The number of anilines is 3. The molecule has 3 N–H and O–H groups in total. The second-order valence-electron chi connectivity index (χ2n) is 3.94. The zero-order valence-electron chi connectivity index (χ0n) is 10.3. The summed E-state index contributed by atoms with van der Waals surface area (Å²) in [6.07, 6.45) is 0. The molecule has 2 aromatic carbocycles. The standard InChI is InChI=1S/C13H10BrF3N2O/c1-20-12-5-11(7(15)4-10(12)18)19-13-8(16)2-6(14)3-9(13)17/h2-5,19H,18H2,1H3. The quantitative estimate of drug-likeness (QED) is 0.818. The van der Waals surface area contributed by atoms with Gasteiger partial charge in [-0.2, -0.15) is 0 Å². The van der Waals surface area contributed by atoms with Crippen LogP contribution in [0.5, 0.6) is 5.75 Å². The van der Waals surface area contributed by atoms with Gasteiger partial charge in [-0.25, -0.2) is 13.2 Å². The van der Waals surface area contributed by atoms with Crippen LogP contribution in [-0.4, -0.2) is 7.11 Å². The second kappa shape index (κ2) is 5.62. The van der Waals surface area contributed by atoms with E-state index in [1.54, 1.807) is 0 Å². The van der Waals surface area contributed by atoms with Crippen molar-refractivity contribution in [2.24, 2.45) is 0 Å². The minimum absolute atomic E-state index is 0.0901. The molecular formula is C13H10BrF3N2O. The van der Waals surface area contributed by atoms with Gasteiger partial charge in [-0.05, 0) is 12.1 Å². The van der Waals surface area contributed by atoms with Gasteiger partial charge in [-0.1, -0.05) is 15.9 Å². The molecule has 0 spiro atoms. The largest absolute Gasteiger partial charge is 0.495 e. The maximum absolute atomic E-state index is 13.7. The number of halogens is 4. The Labute approximate surface area is 121 Å². The van der Waals surface area contributed by atoms with Crippen LogP contribution < -0.4 is 15.8 Å². The summed E-state index contributed by atoms with van der Waals surface area (Å²) in [5.41, 5.74) is 5.02. The zero-order valence-corrected chi connectivity index (χ0v) is 11.9. The minimum atomic E-state index is -0.855. The van der Waals surface area contributed by atoms with Crippen LogP contribution in [0.2, 0.25) is 0 Å². The van der Waals surface area contributed by atoms with Crippen molar-refractivity contribution in [2.75, 3.05) is 18.2 Å². The third-order valence-corrected chi connectivity index (χ3v) is 3.04. The molecule has 0 aliphatic carbocycles. The summed E-state index contributed by atoms with van der Waals surface area (Å²) in [6.45, 7) is 0. The Balaban J connectivity index is 2.45. The van der Waals surface area contributed by atoms with Crippen LogP contribution in [0, 0.1) is 17.5 Å². The first kappa shape index (κ1) is 14.5. The second-order valence-corrected chi connectivity index (χ2v) is 4.86. The number of hydrogen-bond acceptors (Lipinski definition) is 3. The highest BCUT2D eigenvalue weighted by Gasteiger charge is 2.14. The van der Waals surface area contributed by atoms with E-state index in [-0.39, 0.29) is 21.6 Å². The lowest BCUT2D eigenvalue weighted by Crippen LogP contribution is -2.02. The van der Waals surface area contributed by atoms with Crippen LogP contribution in [0.1, 0.15) is 0 Å². The van der Waals surface area contributed by atoms with E-state index >= 15 is 0 Å². The zero-order chi connectivity index (χ0) is 14.9. The Morgan fingerprint density at radius 1 is 1.05 bits per heavy atom. The molecule has 0 amide bonds. The van der Waals surface area contributed by atoms with Crippen LogP contribution in [0.15, 0.2) is 28.7 Å². The number of nitrogens with one attached hydrogen (secondary N) is 1. The van der Waals surface area contributed by atoms with Crippen molar-refractivity contribution < 1.29 is 17.9 Å². The number of nitrogen functional groups attached to an aromatic ring is 1. The molecule has 2 rings (SSSR count). The predicted molar refractivity (Wildman–Crippen MR) is 74.7 cm³/mol. The number of rotatable bonds is 3. The fourth-order valence-corrected chi connectivity index (χ4v) is 2.04. The molecule has 0 atom stereocenters. The van der Waals surface area contributed by atoms with Crippen LogP contribution >= 0.6 is 15.9 Å². The number of benzene rings is 2. The Morgan fingerprint density at radius 3 is 2.20 bits per heavy atom. The molecule has 20 heavy (non-hydrogen) atoms. The van der Waals surface area contributed by atoms with Gasteiger partial charge in [0.2, 0.25) is 0 Å². The van der Waals surface area contributed by atoms with Crippen molar-refractivity contribution >= 4 is 33.0 Å². The molecule has 0 radical (unpaired) electrons. The Bertz CT molecular complexity index is 641. The van der Waals surface area contributed by atoms with Gasteiger partial charge in [0.15, 0.2) is 11.6 Å². The van der Waals surface area contributed by atoms with Crippen molar-refractivity contribution in [3.63, 3.8) is 0 Å². The summed E-state index contributed by atoms with van der Waals surface area (Å²) < 4.78 is 46.3. The van der Waals surface area contributed by atoms with Crippen LogP contribution in [0.25, 0.3) is 0 Å². The Kier molecular flexibility index (Phi) is 4.08. The molecule has 0 aliphatic heterocycles. The van der Waals surface area contributed by atoms with Gasteiger partial charge in [-0.15, -0.1) is 0 Å². The molecule has 0 bridgehead atoms. The third kappa shape index (κ3) is 2.82. The highest BCUT2D eigenvalue weighted by molar-refractivity contribution is 9.10. The minimum Gasteiger partial charge on any atom is -0.495 e. The molecule has 106 valence electrons. The number of nitrogens with two attached hydrogens (primary N) is 1. The average Bonchev–Trinajstić information content (AvgIpc) is 2.35. The van der Waals surface area contributed by atoms with Crippen molar-refractivity contribution in [1.82, 2.24) is 0 Å². The van der Waals surface area contributed by atoms with E-state index in [2.05, 4.69) is 21.2 Å². The van der Waals surface area contributed by atoms with Gasteiger partial charge in [0, 0.05) is 16.6 Å². The first-order valence-electron chi connectivity index (χ1n) is 5.47. The molecule has 0 unspecified atom stereocenters. The summed E-state index contributed by atoms with van der Waals surface area (Å²) >= 11 is 2.96. The lowest BCUT2D eigenvalue weighted by Gasteiger charge is -2.12. The van der Waals surface area contributed by atoms with Gasteiger partial charge in [0.1, 0.15) is 17.3 Å². The SMILES string of the molecule is COc1cc(Nc2c(F)cc(Br)cc2F)c(F)cc1N. The lowest BCUT2D eigenvalue weighted by atomic mass is 10.2. The first-order valence-corrected chi connectivity index (χ1v) is 6.26. The van der Waals surface area contributed by atoms with E-state index in [0.29, 0.717) is 0 Å². The van der Waals surface area contributed by atoms with Gasteiger partial charge >= 0.3 is 0 Å². The third-order valence-electron chi connectivity index (χ3n) is 2.59. The van der Waals surface area contributed by atoms with E-state index < -0.39 is 23.1 Å². The summed E-state index contributed by atoms with van der Waals surface area (Å²) in [6, 6.07) is 4.37. The molecule has 0 saturated carbocycles. The van der Waals surface area contributed by atoms with Crippen molar-refractivity contribution in [1.29, 1.82) is 0 Å². The topological polar surface area (TPSA) is 47.3 Å². The number of methoxy groups -OCH3 is 1. The van der Waals surface area contributed by atoms with E-state index in [0.717, 1.165) is 18.2 Å². The molecule has 3 nitrogen and oxygen atoms in total. The Morgan fingerprint density at radius 2 is 1.65 bits per heavy atom. The summed E-state index contributed by atoms with van der Waals surface area (Å²) in [5.74, 6) is -2.25. The maximum Gasteiger partial charge on any atom is 0.150 e. The van der Waals surface area contributed by atoms with Crippen molar-refractivity contribution in [3.05, 3.63) is 46.2 Å². The summed E-state index contributed by atoms with van der Waals surface area (Å²) in [4.78, 5) is 0. The van der Waals surface area contributed by atoms with Gasteiger partial charge < -0.3 is 15.8 Å². The molecule has 7 heteroatoms. The Hall–Kier alpha value is -1.89. The number of ether oxygens (including phenoxy) is 1. The molecule has 0 aromatic heterocycles. The van der Waals surface area contributed by atoms with Crippen molar-refractivity contribution in [3.8, 4) is 5.75 Å². The van der Waals surface area contributed by atoms with Gasteiger partial charge in [0.25, 0.3) is 0 Å². The highest BCUT2D eigenvalue weighted by Crippen LogP contribution is 2.32. The molecule has 2 aromatic rings. The maximum atomic E-state index is 13.7. The van der Waals surface area contributed by atoms with Crippen LogP contribution in [0.3, 0.4) is 0 Å². The highest BCUT2D eigenvalue weighted by atomic mass is 79.9. The van der Waals surface area contributed by atoms with E-state index in [1.165, 1.54) is 13.2 Å². The first-order chi connectivity index (χ1) is 9.42.